The standard InChI is InChI=1S/C25H25N3O3/c1-17(29)26-20-8-5-9-21(16-20)27-24(30)19-12-14-28(15-13-19)25(31)23-11-4-7-18-6-2-3-10-22(18)23/h2-11,16,19H,12-15H2,1H3,(H,26,29)(H,27,30). The van der Waals surface area contributed by atoms with E-state index in [1.54, 1.807) is 24.3 Å². The summed E-state index contributed by atoms with van der Waals surface area (Å²) in [6, 6.07) is 20.7. The van der Waals surface area contributed by atoms with E-state index in [9.17, 15) is 14.4 Å². The van der Waals surface area contributed by atoms with Gasteiger partial charge in [-0.25, -0.2) is 0 Å². The Labute approximate surface area is 181 Å². The Kier molecular flexibility index (Phi) is 5.98. The molecule has 1 aliphatic heterocycles. The Balaban J connectivity index is 1.37. The average Bonchev–Trinajstić information content (AvgIpc) is 2.78. The van der Waals surface area contributed by atoms with E-state index >= 15 is 0 Å². The third-order valence-corrected chi connectivity index (χ3v) is 5.62. The van der Waals surface area contributed by atoms with Gasteiger partial charge in [-0.2, -0.15) is 0 Å². The molecule has 0 saturated carbocycles. The summed E-state index contributed by atoms with van der Waals surface area (Å²) in [6.45, 7) is 2.54. The third kappa shape index (κ3) is 4.74. The summed E-state index contributed by atoms with van der Waals surface area (Å²) in [6.07, 6.45) is 1.24. The molecule has 0 bridgehead atoms. The maximum Gasteiger partial charge on any atom is 0.254 e. The number of fused-ring (bicyclic) bond motifs is 1. The summed E-state index contributed by atoms with van der Waals surface area (Å²) in [5, 5.41) is 7.64. The minimum absolute atomic E-state index is 0.0127. The number of hydrogen-bond acceptors (Lipinski definition) is 3. The van der Waals surface area contributed by atoms with Crippen molar-refractivity contribution in [2.24, 2.45) is 5.92 Å². The minimum atomic E-state index is -0.160. The van der Waals surface area contributed by atoms with Crippen molar-refractivity contribution in [3.8, 4) is 0 Å². The molecule has 0 unspecified atom stereocenters. The van der Waals surface area contributed by atoms with E-state index in [2.05, 4.69) is 10.6 Å². The first-order chi connectivity index (χ1) is 15.0. The largest absolute Gasteiger partial charge is 0.339 e. The van der Waals surface area contributed by atoms with Crippen molar-refractivity contribution in [2.45, 2.75) is 19.8 Å². The number of piperidine rings is 1. The smallest absolute Gasteiger partial charge is 0.254 e. The number of nitrogens with one attached hydrogen (secondary N) is 2. The molecule has 0 spiro atoms. The van der Waals surface area contributed by atoms with E-state index in [0.29, 0.717) is 42.9 Å². The molecule has 1 fully saturated rings. The number of likely N-dealkylation sites (tertiary alicyclic amines) is 1. The first-order valence-corrected chi connectivity index (χ1v) is 10.5. The summed E-state index contributed by atoms with van der Waals surface area (Å²) in [4.78, 5) is 38.9. The molecule has 1 heterocycles. The zero-order valence-corrected chi connectivity index (χ0v) is 17.4. The van der Waals surface area contributed by atoms with Crippen LogP contribution in [0.4, 0.5) is 11.4 Å². The lowest BCUT2D eigenvalue weighted by Gasteiger charge is -2.31. The zero-order valence-electron chi connectivity index (χ0n) is 17.4. The van der Waals surface area contributed by atoms with Crippen LogP contribution in [0, 0.1) is 5.92 Å². The second kappa shape index (κ2) is 9.00. The summed E-state index contributed by atoms with van der Waals surface area (Å²) in [5.74, 6) is -0.358. The van der Waals surface area contributed by atoms with Crippen LogP contribution in [0.25, 0.3) is 10.8 Å². The molecule has 31 heavy (non-hydrogen) atoms. The number of anilines is 2. The number of carbonyl (C=O) groups is 3. The van der Waals surface area contributed by atoms with E-state index in [4.69, 9.17) is 0 Å². The fraction of sp³-hybridized carbons (Fsp3) is 0.240. The second-order valence-electron chi connectivity index (χ2n) is 7.84. The van der Waals surface area contributed by atoms with Crippen LogP contribution in [0.5, 0.6) is 0 Å². The first kappa shape index (κ1) is 20.6. The fourth-order valence-electron chi connectivity index (χ4n) is 4.05. The maximum atomic E-state index is 13.1. The van der Waals surface area contributed by atoms with Crippen LogP contribution in [0.1, 0.15) is 30.1 Å². The summed E-state index contributed by atoms with van der Waals surface area (Å²) in [5.41, 5.74) is 1.99. The molecular weight excluding hydrogens is 390 g/mol. The number of hydrogen-bond donors (Lipinski definition) is 2. The lowest BCUT2D eigenvalue weighted by atomic mass is 9.94. The molecule has 1 aliphatic rings. The Morgan fingerprint density at radius 2 is 1.48 bits per heavy atom. The van der Waals surface area contributed by atoms with Crippen LogP contribution in [0.2, 0.25) is 0 Å². The normalized spacial score (nSPS) is 14.3. The Bertz CT molecular complexity index is 1130. The van der Waals surface area contributed by atoms with Gasteiger partial charge in [0.15, 0.2) is 0 Å². The lowest BCUT2D eigenvalue weighted by Crippen LogP contribution is -2.41. The van der Waals surface area contributed by atoms with Gasteiger partial charge in [-0.1, -0.05) is 42.5 Å². The molecule has 4 rings (SSSR count). The fourth-order valence-corrected chi connectivity index (χ4v) is 4.05. The van der Waals surface area contributed by atoms with Crippen LogP contribution >= 0.6 is 0 Å². The van der Waals surface area contributed by atoms with E-state index in [0.717, 1.165) is 10.8 Å². The first-order valence-electron chi connectivity index (χ1n) is 10.5. The third-order valence-electron chi connectivity index (χ3n) is 5.62. The molecule has 3 amide bonds. The average molecular weight is 415 g/mol. The Morgan fingerprint density at radius 3 is 2.23 bits per heavy atom. The summed E-state index contributed by atoms with van der Waals surface area (Å²) >= 11 is 0. The molecule has 0 radical (unpaired) electrons. The van der Waals surface area contributed by atoms with Gasteiger partial charge in [-0.3, -0.25) is 14.4 Å². The van der Waals surface area contributed by atoms with Gasteiger partial charge < -0.3 is 15.5 Å². The predicted octanol–water partition coefficient (Wildman–Crippen LogP) is 4.29. The molecule has 0 aliphatic carbocycles. The molecule has 1 saturated heterocycles. The SMILES string of the molecule is CC(=O)Nc1cccc(NC(=O)C2CCN(C(=O)c3cccc4ccccc34)CC2)c1. The summed E-state index contributed by atoms with van der Waals surface area (Å²) in [7, 11) is 0. The molecule has 6 nitrogen and oxygen atoms in total. The van der Waals surface area contributed by atoms with Gasteiger partial charge in [0.1, 0.15) is 0 Å². The monoisotopic (exact) mass is 415 g/mol. The minimum Gasteiger partial charge on any atom is -0.339 e. The van der Waals surface area contributed by atoms with E-state index < -0.39 is 0 Å². The van der Waals surface area contributed by atoms with Crippen molar-refractivity contribution < 1.29 is 14.4 Å². The van der Waals surface area contributed by atoms with Crippen LogP contribution in [0.3, 0.4) is 0 Å². The molecule has 3 aromatic carbocycles. The topological polar surface area (TPSA) is 78.5 Å². The van der Waals surface area contributed by atoms with Crippen LogP contribution in [0.15, 0.2) is 66.7 Å². The molecular formula is C25H25N3O3. The van der Waals surface area contributed by atoms with E-state index in [-0.39, 0.29) is 23.6 Å². The highest BCUT2D eigenvalue weighted by Gasteiger charge is 2.28. The highest BCUT2D eigenvalue weighted by atomic mass is 16.2. The Morgan fingerprint density at radius 1 is 0.839 bits per heavy atom. The molecule has 158 valence electrons. The van der Waals surface area contributed by atoms with Crippen molar-refractivity contribution in [3.63, 3.8) is 0 Å². The lowest BCUT2D eigenvalue weighted by molar-refractivity contribution is -0.121. The van der Waals surface area contributed by atoms with Crippen LogP contribution in [-0.4, -0.2) is 35.7 Å². The van der Waals surface area contributed by atoms with Gasteiger partial charge in [0.2, 0.25) is 11.8 Å². The van der Waals surface area contributed by atoms with Gasteiger partial charge in [-0.05, 0) is 47.9 Å². The zero-order chi connectivity index (χ0) is 21.8. The van der Waals surface area contributed by atoms with Gasteiger partial charge in [0.25, 0.3) is 5.91 Å². The number of nitrogens with zero attached hydrogens (tertiary/aromatic N) is 1. The van der Waals surface area contributed by atoms with E-state index in [1.807, 2.05) is 47.4 Å². The van der Waals surface area contributed by atoms with Gasteiger partial charge in [0, 0.05) is 42.9 Å². The molecule has 2 N–H and O–H groups in total. The predicted molar refractivity (Wildman–Crippen MR) is 122 cm³/mol. The van der Waals surface area contributed by atoms with Crippen molar-refractivity contribution in [1.82, 2.24) is 4.90 Å². The van der Waals surface area contributed by atoms with Crippen LogP contribution < -0.4 is 10.6 Å². The highest BCUT2D eigenvalue weighted by molar-refractivity contribution is 6.07. The van der Waals surface area contributed by atoms with Gasteiger partial charge in [0.05, 0.1) is 0 Å². The van der Waals surface area contributed by atoms with Crippen molar-refractivity contribution in [3.05, 3.63) is 72.3 Å². The highest BCUT2D eigenvalue weighted by Crippen LogP contribution is 2.25. The number of benzene rings is 3. The van der Waals surface area contributed by atoms with Crippen molar-refractivity contribution >= 4 is 39.9 Å². The molecule has 0 aromatic heterocycles. The van der Waals surface area contributed by atoms with Gasteiger partial charge in [-0.15, -0.1) is 0 Å². The van der Waals surface area contributed by atoms with Crippen molar-refractivity contribution in [2.75, 3.05) is 23.7 Å². The quantitative estimate of drug-likeness (QED) is 0.667. The number of amides is 3. The molecule has 0 atom stereocenters. The van der Waals surface area contributed by atoms with Gasteiger partial charge >= 0.3 is 0 Å². The maximum absolute atomic E-state index is 13.1. The van der Waals surface area contributed by atoms with Crippen LogP contribution in [-0.2, 0) is 9.59 Å². The molecule has 6 heteroatoms. The number of rotatable bonds is 4. The number of carbonyl (C=O) groups excluding carboxylic acids is 3. The molecule has 3 aromatic rings. The van der Waals surface area contributed by atoms with E-state index in [1.165, 1.54) is 6.92 Å². The summed E-state index contributed by atoms with van der Waals surface area (Å²) < 4.78 is 0. The second-order valence-corrected chi connectivity index (χ2v) is 7.84. The van der Waals surface area contributed by atoms with Crippen molar-refractivity contribution in [1.29, 1.82) is 0 Å². The Hall–Kier alpha value is -3.67.